The maximum atomic E-state index is 6.12. The van der Waals surface area contributed by atoms with Crippen LogP contribution in [0.1, 0.15) is 67.7 Å². The van der Waals surface area contributed by atoms with Crippen LogP contribution in [-0.2, 0) is 0 Å². The van der Waals surface area contributed by atoms with Gasteiger partial charge in [0, 0.05) is 33.4 Å². The maximum absolute atomic E-state index is 6.12. The summed E-state index contributed by atoms with van der Waals surface area (Å²) in [5, 5.41) is 8.67. The second kappa shape index (κ2) is 15.1. The Balaban J connectivity index is 1.32. The molecule has 0 N–H and O–H groups in total. The van der Waals surface area contributed by atoms with Crippen molar-refractivity contribution in [3.8, 4) is 52.3 Å². The van der Waals surface area contributed by atoms with Gasteiger partial charge < -0.3 is 9.15 Å². The van der Waals surface area contributed by atoms with Gasteiger partial charge in [-0.05, 0) is 73.2 Å². The largest absolute Gasteiger partial charge is 0.494 e. The molecule has 4 nitrogen and oxygen atoms in total. The van der Waals surface area contributed by atoms with Crippen molar-refractivity contribution in [2.24, 2.45) is 0 Å². The first kappa shape index (κ1) is 28.5. The maximum Gasteiger partial charge on any atom is 0.248 e. The molecular weight excluding hydrogens is 516 g/mol. The van der Waals surface area contributed by atoms with E-state index in [9.17, 15) is 0 Å². The summed E-state index contributed by atoms with van der Waals surface area (Å²) in [7, 11) is 0. The van der Waals surface area contributed by atoms with E-state index in [1.807, 2.05) is 103 Å². The van der Waals surface area contributed by atoms with Crippen molar-refractivity contribution in [2.75, 3.05) is 6.61 Å². The van der Waals surface area contributed by atoms with Crippen molar-refractivity contribution in [1.82, 2.24) is 10.2 Å². The Morgan fingerprint density at radius 1 is 0.548 bits per heavy atom. The quantitative estimate of drug-likeness (QED) is 0.129. The Kier molecular flexibility index (Phi) is 10.2. The average Bonchev–Trinajstić information content (AvgIpc) is 3.54. The van der Waals surface area contributed by atoms with E-state index in [0.29, 0.717) is 11.8 Å². The Bertz CT molecular complexity index is 1610. The van der Waals surface area contributed by atoms with Crippen LogP contribution in [0.15, 0.2) is 108 Å². The lowest BCUT2D eigenvalue weighted by atomic mass is 10.0. The van der Waals surface area contributed by atoms with Crippen molar-refractivity contribution < 1.29 is 9.15 Å². The van der Waals surface area contributed by atoms with E-state index in [0.717, 1.165) is 52.2 Å². The molecule has 42 heavy (non-hydrogen) atoms. The summed E-state index contributed by atoms with van der Waals surface area (Å²) in [4.78, 5) is 0. The molecule has 0 aliphatic heterocycles. The second-order valence-corrected chi connectivity index (χ2v) is 10.1. The van der Waals surface area contributed by atoms with Gasteiger partial charge in [0.1, 0.15) is 5.75 Å². The fourth-order valence-corrected chi connectivity index (χ4v) is 4.45. The van der Waals surface area contributed by atoms with Crippen LogP contribution in [-0.4, -0.2) is 16.8 Å². The van der Waals surface area contributed by atoms with Crippen LogP contribution in [0.4, 0.5) is 0 Å². The van der Waals surface area contributed by atoms with Crippen LogP contribution in [0, 0.1) is 23.7 Å². The van der Waals surface area contributed by atoms with Gasteiger partial charge in [0.15, 0.2) is 0 Å². The molecule has 1 aromatic heterocycles. The van der Waals surface area contributed by atoms with Crippen LogP contribution in [0.3, 0.4) is 0 Å². The number of rotatable bonds is 10. The molecule has 4 aromatic carbocycles. The zero-order chi connectivity index (χ0) is 28.8. The van der Waals surface area contributed by atoms with E-state index in [1.165, 1.54) is 32.1 Å². The molecule has 0 bridgehead atoms. The zero-order valence-corrected chi connectivity index (χ0v) is 24.0. The third kappa shape index (κ3) is 8.47. The van der Waals surface area contributed by atoms with Crippen molar-refractivity contribution in [1.29, 1.82) is 0 Å². The molecule has 0 amide bonds. The Hall–Kier alpha value is -5.06. The highest BCUT2D eigenvalue weighted by Gasteiger charge is 2.12. The summed E-state index contributed by atoms with van der Waals surface area (Å²) in [6.45, 7) is 2.97. The van der Waals surface area contributed by atoms with Crippen LogP contribution < -0.4 is 4.74 Å². The van der Waals surface area contributed by atoms with Crippen molar-refractivity contribution in [2.45, 2.75) is 45.4 Å². The molecular formula is C38H34N2O2. The highest BCUT2D eigenvalue weighted by Crippen LogP contribution is 2.27. The normalized spacial score (nSPS) is 10.3. The Morgan fingerprint density at radius 2 is 1.07 bits per heavy atom. The molecule has 208 valence electrons. The number of benzene rings is 4. The Labute approximate surface area is 248 Å². The molecule has 0 atom stereocenters. The number of unbranched alkanes of at least 4 members (excludes halogenated alkanes) is 5. The van der Waals surface area contributed by atoms with Gasteiger partial charge in [0.05, 0.1) is 6.61 Å². The SMILES string of the molecule is CCCCCCCCOc1ccc(-c2nnc(-c3cc(C#Cc4ccccc4)cc(C#Cc4ccccc4)c3)o2)cc1. The van der Waals surface area contributed by atoms with Gasteiger partial charge in [-0.25, -0.2) is 0 Å². The van der Waals surface area contributed by atoms with Crippen molar-refractivity contribution in [3.63, 3.8) is 0 Å². The third-order valence-corrected chi connectivity index (χ3v) is 6.72. The van der Waals surface area contributed by atoms with Crippen LogP contribution in [0.2, 0.25) is 0 Å². The fraction of sp³-hybridized carbons (Fsp3) is 0.211. The van der Waals surface area contributed by atoms with Gasteiger partial charge in [-0.3, -0.25) is 0 Å². The first-order chi connectivity index (χ1) is 20.8. The minimum absolute atomic E-state index is 0.416. The topological polar surface area (TPSA) is 48.2 Å². The third-order valence-electron chi connectivity index (χ3n) is 6.72. The summed E-state index contributed by atoms with van der Waals surface area (Å²) >= 11 is 0. The summed E-state index contributed by atoms with van der Waals surface area (Å²) in [5.41, 5.74) is 5.13. The Morgan fingerprint density at radius 3 is 1.67 bits per heavy atom. The highest BCUT2D eigenvalue weighted by molar-refractivity contribution is 5.64. The molecule has 0 aliphatic rings. The summed E-state index contributed by atoms with van der Waals surface area (Å²) in [5.74, 6) is 14.7. The lowest BCUT2D eigenvalue weighted by molar-refractivity contribution is 0.304. The molecule has 0 radical (unpaired) electrons. The van der Waals surface area contributed by atoms with E-state index in [-0.39, 0.29) is 0 Å². The van der Waals surface area contributed by atoms with Gasteiger partial charge in [0.2, 0.25) is 11.8 Å². The predicted molar refractivity (Wildman–Crippen MR) is 169 cm³/mol. The summed E-state index contributed by atoms with van der Waals surface area (Å²) < 4.78 is 12.0. The van der Waals surface area contributed by atoms with E-state index < -0.39 is 0 Å². The number of ether oxygens (including phenoxy) is 1. The molecule has 5 rings (SSSR count). The minimum Gasteiger partial charge on any atom is -0.494 e. The molecule has 0 saturated carbocycles. The lowest BCUT2D eigenvalue weighted by Crippen LogP contribution is -1.97. The zero-order valence-electron chi connectivity index (χ0n) is 24.0. The van der Waals surface area contributed by atoms with Crippen LogP contribution >= 0.6 is 0 Å². The minimum atomic E-state index is 0.416. The van der Waals surface area contributed by atoms with Gasteiger partial charge in [-0.15, -0.1) is 10.2 Å². The lowest BCUT2D eigenvalue weighted by Gasteiger charge is -2.06. The second-order valence-electron chi connectivity index (χ2n) is 10.1. The smallest absolute Gasteiger partial charge is 0.248 e. The molecule has 0 saturated heterocycles. The molecule has 5 aromatic rings. The predicted octanol–water partition coefficient (Wildman–Crippen LogP) is 8.94. The van der Waals surface area contributed by atoms with E-state index in [4.69, 9.17) is 9.15 Å². The van der Waals surface area contributed by atoms with Gasteiger partial charge in [-0.1, -0.05) is 99.1 Å². The van der Waals surface area contributed by atoms with Gasteiger partial charge in [0.25, 0.3) is 0 Å². The number of aromatic nitrogens is 2. The molecule has 1 heterocycles. The van der Waals surface area contributed by atoms with Gasteiger partial charge >= 0.3 is 0 Å². The average molecular weight is 551 g/mol. The number of hydrogen-bond acceptors (Lipinski definition) is 4. The number of hydrogen-bond donors (Lipinski definition) is 0. The molecule has 4 heteroatoms. The van der Waals surface area contributed by atoms with Crippen molar-refractivity contribution >= 4 is 0 Å². The van der Waals surface area contributed by atoms with Gasteiger partial charge in [-0.2, -0.15) is 0 Å². The monoisotopic (exact) mass is 550 g/mol. The highest BCUT2D eigenvalue weighted by atomic mass is 16.5. The standard InChI is InChI=1S/C38H34N2O2/c1-2-3-4-5-6-13-26-41-36-24-22-34(23-25-36)37-39-40-38(42-37)35-28-32(20-18-30-14-9-7-10-15-30)27-33(29-35)21-19-31-16-11-8-12-17-31/h7-12,14-17,22-25,27-29H,2-6,13,26H2,1H3. The van der Waals surface area contributed by atoms with E-state index in [1.54, 1.807) is 0 Å². The summed E-state index contributed by atoms with van der Waals surface area (Å²) in [6.07, 6.45) is 7.46. The summed E-state index contributed by atoms with van der Waals surface area (Å²) in [6, 6.07) is 33.5. The molecule has 0 aliphatic carbocycles. The fourth-order valence-electron chi connectivity index (χ4n) is 4.45. The van der Waals surface area contributed by atoms with E-state index in [2.05, 4.69) is 40.8 Å². The number of nitrogens with zero attached hydrogens (tertiary/aromatic N) is 2. The molecule has 0 fully saturated rings. The van der Waals surface area contributed by atoms with Crippen LogP contribution in [0.5, 0.6) is 5.75 Å². The van der Waals surface area contributed by atoms with E-state index >= 15 is 0 Å². The molecule has 0 spiro atoms. The van der Waals surface area contributed by atoms with Crippen LogP contribution in [0.25, 0.3) is 22.9 Å². The first-order valence-corrected chi connectivity index (χ1v) is 14.6. The molecule has 0 unspecified atom stereocenters. The van der Waals surface area contributed by atoms with Crippen molar-refractivity contribution in [3.05, 3.63) is 125 Å². The first-order valence-electron chi connectivity index (χ1n) is 14.6.